The molecule has 1 fully saturated rings. The second-order valence-corrected chi connectivity index (χ2v) is 8.90. The number of methoxy groups -OCH3 is 1. The molecule has 5 nitrogen and oxygen atoms in total. The molecule has 1 saturated heterocycles. The zero-order valence-corrected chi connectivity index (χ0v) is 19.4. The van der Waals surface area contributed by atoms with Crippen molar-refractivity contribution in [3.05, 3.63) is 58.6 Å². The Morgan fingerprint density at radius 3 is 2.77 bits per heavy atom. The number of ether oxygens (including phenoxy) is 1. The van der Waals surface area contributed by atoms with Crippen LogP contribution in [0.15, 0.2) is 42.5 Å². The van der Waals surface area contributed by atoms with E-state index in [0.29, 0.717) is 24.4 Å². The third-order valence-electron chi connectivity index (χ3n) is 6.30. The van der Waals surface area contributed by atoms with E-state index in [1.54, 1.807) is 11.9 Å². The molecule has 31 heavy (non-hydrogen) atoms. The van der Waals surface area contributed by atoms with E-state index in [-0.39, 0.29) is 12.0 Å². The molecule has 1 aliphatic rings. The average molecular weight is 445 g/mol. The summed E-state index contributed by atoms with van der Waals surface area (Å²) in [7, 11) is 3.09. The molecule has 2 atom stereocenters. The first-order valence-corrected chi connectivity index (χ1v) is 11.3. The Bertz CT molecular complexity index is 898. The summed E-state index contributed by atoms with van der Waals surface area (Å²) in [6, 6.07) is 14.0. The summed E-state index contributed by atoms with van der Waals surface area (Å²) in [6.45, 7) is 4.29. The monoisotopic (exact) mass is 444 g/mol. The Kier molecular flexibility index (Phi) is 7.98. The van der Waals surface area contributed by atoms with Crippen molar-refractivity contribution in [2.45, 2.75) is 38.2 Å². The predicted octanol–water partition coefficient (Wildman–Crippen LogP) is 4.98. The van der Waals surface area contributed by atoms with Crippen LogP contribution < -0.4 is 5.32 Å². The molecule has 0 aromatic heterocycles. The maximum atomic E-state index is 12.2. The number of piperidine rings is 1. The topological polar surface area (TPSA) is 61.8 Å². The third kappa shape index (κ3) is 5.40. The third-order valence-corrected chi connectivity index (χ3v) is 6.61. The Balaban J connectivity index is 2.00. The first kappa shape index (κ1) is 23.6. The molecule has 2 aromatic carbocycles. The zero-order chi connectivity index (χ0) is 22.4. The average Bonchev–Trinajstić information content (AvgIpc) is 2.78. The molecular weight excluding hydrogens is 412 g/mol. The van der Waals surface area contributed by atoms with Gasteiger partial charge in [0, 0.05) is 36.6 Å². The number of benzene rings is 2. The second kappa shape index (κ2) is 10.5. The number of carbonyl (C=O) groups excluding carboxylic acids is 1. The SMILES string of the molecule is COC(=O)N(C)CCCC(O)(c1cccc(Cl)c1-c1cccc(C)c1)C1CCCNC1. The van der Waals surface area contributed by atoms with Gasteiger partial charge < -0.3 is 20.1 Å². The summed E-state index contributed by atoms with van der Waals surface area (Å²) in [5.41, 5.74) is 2.84. The lowest BCUT2D eigenvalue weighted by atomic mass is 9.72. The van der Waals surface area contributed by atoms with Crippen LogP contribution >= 0.6 is 11.6 Å². The highest BCUT2D eigenvalue weighted by Crippen LogP contribution is 2.44. The number of amides is 1. The maximum Gasteiger partial charge on any atom is 0.409 e. The molecule has 3 rings (SSSR count). The van der Waals surface area contributed by atoms with Gasteiger partial charge in [0.25, 0.3) is 0 Å². The van der Waals surface area contributed by atoms with E-state index in [9.17, 15) is 9.90 Å². The van der Waals surface area contributed by atoms with Crippen molar-refractivity contribution in [2.24, 2.45) is 5.92 Å². The molecule has 1 aliphatic heterocycles. The van der Waals surface area contributed by atoms with Crippen LogP contribution in [-0.2, 0) is 10.3 Å². The summed E-state index contributed by atoms with van der Waals surface area (Å²) >= 11 is 6.71. The number of hydrogen-bond acceptors (Lipinski definition) is 4. The van der Waals surface area contributed by atoms with Crippen molar-refractivity contribution in [1.82, 2.24) is 10.2 Å². The number of hydrogen-bond donors (Lipinski definition) is 2. The molecule has 0 aliphatic carbocycles. The van der Waals surface area contributed by atoms with E-state index in [1.165, 1.54) is 7.11 Å². The molecule has 1 amide bonds. The highest BCUT2D eigenvalue weighted by atomic mass is 35.5. The smallest absolute Gasteiger partial charge is 0.409 e. The highest BCUT2D eigenvalue weighted by Gasteiger charge is 2.40. The van der Waals surface area contributed by atoms with Crippen LogP contribution in [0.5, 0.6) is 0 Å². The minimum atomic E-state index is -1.06. The van der Waals surface area contributed by atoms with E-state index >= 15 is 0 Å². The van der Waals surface area contributed by atoms with Crippen LogP contribution in [0, 0.1) is 12.8 Å². The fourth-order valence-corrected chi connectivity index (χ4v) is 4.91. The van der Waals surface area contributed by atoms with Gasteiger partial charge in [0.05, 0.1) is 12.7 Å². The molecule has 6 heteroatoms. The van der Waals surface area contributed by atoms with Crippen molar-refractivity contribution in [1.29, 1.82) is 0 Å². The van der Waals surface area contributed by atoms with Crippen LogP contribution in [0.4, 0.5) is 4.79 Å². The van der Waals surface area contributed by atoms with Crippen LogP contribution in [0.1, 0.15) is 36.8 Å². The van der Waals surface area contributed by atoms with Crippen LogP contribution in [0.25, 0.3) is 11.1 Å². The van der Waals surface area contributed by atoms with Gasteiger partial charge in [-0.15, -0.1) is 0 Å². The Labute approximate surface area is 190 Å². The van der Waals surface area contributed by atoms with Gasteiger partial charge in [-0.2, -0.15) is 0 Å². The molecule has 2 unspecified atom stereocenters. The van der Waals surface area contributed by atoms with Gasteiger partial charge in [0.2, 0.25) is 0 Å². The quantitative estimate of drug-likeness (QED) is 0.632. The molecule has 0 saturated carbocycles. The lowest BCUT2D eigenvalue weighted by Gasteiger charge is -2.41. The highest BCUT2D eigenvalue weighted by molar-refractivity contribution is 6.33. The molecule has 2 N–H and O–H groups in total. The van der Waals surface area contributed by atoms with Crippen LogP contribution in [0.3, 0.4) is 0 Å². The zero-order valence-electron chi connectivity index (χ0n) is 18.7. The second-order valence-electron chi connectivity index (χ2n) is 8.49. The summed E-state index contributed by atoms with van der Waals surface area (Å²) in [5.74, 6) is 0.0618. The van der Waals surface area contributed by atoms with E-state index in [2.05, 4.69) is 24.4 Å². The van der Waals surface area contributed by atoms with Crippen LogP contribution in [-0.4, -0.2) is 49.9 Å². The standard InChI is InChI=1S/C25H33ClN2O3/c1-18-8-4-9-19(16-18)23-21(11-5-12-22(23)26)25(30,20-10-6-14-27-17-20)13-7-15-28(2)24(29)31-3/h4-5,8-9,11-12,16,20,27,30H,6-7,10,13-15,17H2,1-3H3. The van der Waals surface area contributed by atoms with Gasteiger partial charge in [-0.1, -0.05) is 53.6 Å². The van der Waals surface area contributed by atoms with E-state index < -0.39 is 5.60 Å². The maximum absolute atomic E-state index is 12.2. The first-order valence-electron chi connectivity index (χ1n) is 10.9. The minimum Gasteiger partial charge on any atom is -0.453 e. The van der Waals surface area contributed by atoms with Gasteiger partial charge in [0.1, 0.15) is 0 Å². The number of aliphatic hydroxyl groups is 1. The predicted molar refractivity (Wildman–Crippen MR) is 125 cm³/mol. The number of aryl methyl sites for hydroxylation is 1. The Morgan fingerprint density at radius 2 is 2.10 bits per heavy atom. The van der Waals surface area contributed by atoms with Gasteiger partial charge in [-0.25, -0.2) is 4.79 Å². The Morgan fingerprint density at radius 1 is 1.32 bits per heavy atom. The molecule has 1 heterocycles. The lowest BCUT2D eigenvalue weighted by molar-refractivity contribution is -0.0428. The number of nitrogens with one attached hydrogen (secondary N) is 1. The molecule has 2 aromatic rings. The Hall–Kier alpha value is -2.08. The number of nitrogens with zero attached hydrogens (tertiary/aromatic N) is 1. The molecule has 0 bridgehead atoms. The minimum absolute atomic E-state index is 0.0618. The lowest BCUT2D eigenvalue weighted by Crippen LogP contribution is -2.45. The van der Waals surface area contributed by atoms with E-state index in [4.69, 9.17) is 16.3 Å². The van der Waals surface area contributed by atoms with E-state index in [0.717, 1.165) is 48.2 Å². The summed E-state index contributed by atoms with van der Waals surface area (Å²) in [6.07, 6.45) is 2.77. The molecular formula is C25H33ClN2O3. The van der Waals surface area contributed by atoms with Gasteiger partial charge >= 0.3 is 6.09 Å². The molecule has 0 radical (unpaired) electrons. The number of halogens is 1. The van der Waals surface area contributed by atoms with Gasteiger partial charge in [0.15, 0.2) is 0 Å². The first-order chi connectivity index (χ1) is 14.9. The van der Waals surface area contributed by atoms with Crippen molar-refractivity contribution in [3.8, 4) is 11.1 Å². The van der Waals surface area contributed by atoms with Crippen molar-refractivity contribution in [2.75, 3.05) is 33.8 Å². The largest absolute Gasteiger partial charge is 0.453 e. The van der Waals surface area contributed by atoms with Gasteiger partial charge in [-0.3, -0.25) is 0 Å². The van der Waals surface area contributed by atoms with E-state index in [1.807, 2.05) is 30.3 Å². The van der Waals surface area contributed by atoms with Crippen molar-refractivity contribution >= 4 is 17.7 Å². The van der Waals surface area contributed by atoms with Gasteiger partial charge in [-0.05, 0) is 56.3 Å². The fraction of sp³-hybridized carbons (Fsp3) is 0.480. The summed E-state index contributed by atoms with van der Waals surface area (Å²) in [4.78, 5) is 13.3. The number of rotatable bonds is 7. The fourth-order valence-electron chi connectivity index (χ4n) is 4.63. The van der Waals surface area contributed by atoms with Crippen molar-refractivity contribution < 1.29 is 14.6 Å². The molecule has 0 spiro atoms. The molecule has 168 valence electrons. The summed E-state index contributed by atoms with van der Waals surface area (Å²) in [5, 5.41) is 16.3. The normalized spacial score (nSPS) is 18.3. The summed E-state index contributed by atoms with van der Waals surface area (Å²) < 4.78 is 4.80. The van der Waals surface area contributed by atoms with Crippen molar-refractivity contribution in [3.63, 3.8) is 0 Å². The van der Waals surface area contributed by atoms with Crippen LogP contribution in [0.2, 0.25) is 5.02 Å². The number of carbonyl (C=O) groups is 1.